The zero-order valence-electron chi connectivity index (χ0n) is 14.9. The Morgan fingerprint density at radius 1 is 1.27 bits per heavy atom. The lowest BCUT2D eigenvalue weighted by Gasteiger charge is -2.12. The third kappa shape index (κ3) is 3.74. The lowest BCUT2D eigenvalue weighted by atomic mass is 10.2. The Morgan fingerprint density at radius 2 is 1.88 bits per heavy atom. The van der Waals surface area contributed by atoms with Gasteiger partial charge < -0.3 is 5.32 Å². The van der Waals surface area contributed by atoms with Crippen molar-refractivity contribution in [3.8, 4) is 0 Å². The van der Waals surface area contributed by atoms with Crippen LogP contribution in [0.3, 0.4) is 0 Å². The maximum absolute atomic E-state index is 12.3. The minimum absolute atomic E-state index is 0.196. The number of nitrogens with one attached hydrogen (secondary N) is 1. The molecule has 1 aromatic heterocycles. The first-order valence-electron chi connectivity index (χ1n) is 8.22. The lowest BCUT2D eigenvalue weighted by molar-refractivity contribution is 0.0954. The van der Waals surface area contributed by atoms with Crippen LogP contribution in [0.25, 0.3) is 0 Å². The van der Waals surface area contributed by atoms with Gasteiger partial charge in [-0.3, -0.25) is 14.2 Å². The van der Waals surface area contributed by atoms with Gasteiger partial charge in [0.25, 0.3) is 5.91 Å². The molecule has 0 aliphatic heterocycles. The van der Waals surface area contributed by atoms with E-state index >= 15 is 0 Å². The van der Waals surface area contributed by atoms with Gasteiger partial charge in [-0.15, -0.1) is 0 Å². The maximum Gasteiger partial charge on any atom is 0.308 e. The van der Waals surface area contributed by atoms with Crippen LogP contribution in [0.4, 0.5) is 0 Å². The molecule has 3 rings (SSSR count). The van der Waals surface area contributed by atoms with Crippen molar-refractivity contribution in [1.29, 1.82) is 0 Å². The molecule has 0 saturated heterocycles. The van der Waals surface area contributed by atoms with Crippen molar-refractivity contribution < 1.29 is 13.2 Å². The van der Waals surface area contributed by atoms with Gasteiger partial charge in [0, 0.05) is 25.8 Å². The van der Waals surface area contributed by atoms with Crippen molar-refractivity contribution in [3.63, 3.8) is 0 Å². The van der Waals surface area contributed by atoms with Crippen LogP contribution in [0.1, 0.15) is 33.8 Å². The van der Waals surface area contributed by atoms with Crippen LogP contribution in [-0.4, -0.2) is 43.3 Å². The second-order valence-corrected chi connectivity index (χ2v) is 9.66. The Labute approximate surface area is 156 Å². The highest BCUT2D eigenvalue weighted by molar-refractivity contribution is 7.89. The van der Waals surface area contributed by atoms with E-state index in [-0.39, 0.29) is 21.7 Å². The molecule has 0 spiro atoms. The van der Waals surface area contributed by atoms with Gasteiger partial charge in [-0.25, -0.2) is 12.7 Å². The first-order chi connectivity index (χ1) is 12.2. The zero-order valence-corrected chi connectivity index (χ0v) is 16.5. The summed E-state index contributed by atoms with van der Waals surface area (Å²) in [6.45, 7) is 2.05. The molecule has 0 unspecified atom stereocenters. The van der Waals surface area contributed by atoms with Crippen LogP contribution < -0.4 is 10.2 Å². The third-order valence-corrected chi connectivity index (χ3v) is 7.21. The number of rotatable bonds is 6. The normalized spacial score (nSPS) is 14.6. The van der Waals surface area contributed by atoms with Gasteiger partial charge in [0.15, 0.2) is 0 Å². The summed E-state index contributed by atoms with van der Waals surface area (Å²) in [5, 5.41) is 2.90. The number of carbonyl (C=O) groups is 1. The molecule has 26 heavy (non-hydrogen) atoms. The minimum atomic E-state index is -3.48. The maximum atomic E-state index is 12.3. The van der Waals surface area contributed by atoms with Crippen molar-refractivity contribution in [2.75, 3.05) is 14.1 Å². The van der Waals surface area contributed by atoms with Crippen molar-refractivity contribution in [2.24, 2.45) is 0 Å². The van der Waals surface area contributed by atoms with Crippen molar-refractivity contribution in [1.82, 2.24) is 14.2 Å². The van der Waals surface area contributed by atoms with E-state index in [1.807, 2.05) is 0 Å². The third-order valence-electron chi connectivity index (χ3n) is 4.30. The molecular formula is C17H21N3O4S2. The number of amides is 1. The minimum Gasteiger partial charge on any atom is -0.349 e. The second-order valence-electron chi connectivity index (χ2n) is 6.55. The molecule has 1 heterocycles. The fourth-order valence-corrected chi connectivity index (χ4v) is 4.31. The molecule has 1 aliphatic rings. The van der Waals surface area contributed by atoms with Crippen LogP contribution in [0, 0.1) is 6.92 Å². The Bertz CT molecular complexity index is 984. The lowest BCUT2D eigenvalue weighted by Crippen LogP contribution is -2.25. The summed E-state index contributed by atoms with van der Waals surface area (Å²) in [7, 11) is -0.526. The summed E-state index contributed by atoms with van der Waals surface area (Å²) in [5.74, 6) is -0.196. The van der Waals surface area contributed by atoms with Gasteiger partial charge in [0.2, 0.25) is 10.0 Å². The molecule has 9 heteroatoms. The van der Waals surface area contributed by atoms with Crippen molar-refractivity contribution in [3.05, 3.63) is 50.1 Å². The smallest absolute Gasteiger partial charge is 0.308 e. The Kier molecular flexibility index (Phi) is 5.05. The Balaban J connectivity index is 1.82. The molecule has 2 aromatic rings. The number of hydrogen-bond acceptors (Lipinski definition) is 5. The summed E-state index contributed by atoms with van der Waals surface area (Å²) in [5.41, 5.74) is 1.42. The first kappa shape index (κ1) is 18.8. The molecule has 1 aromatic carbocycles. The largest absolute Gasteiger partial charge is 0.349 e. The number of nitrogens with zero attached hydrogens (tertiary/aromatic N) is 2. The monoisotopic (exact) mass is 395 g/mol. The first-order valence-corrected chi connectivity index (χ1v) is 10.5. The Morgan fingerprint density at radius 3 is 2.42 bits per heavy atom. The van der Waals surface area contributed by atoms with Crippen molar-refractivity contribution in [2.45, 2.75) is 37.2 Å². The SMILES string of the molecule is Cc1c(C(=O)NC2CC2)sc(=O)n1Cc1ccc(S(=O)(=O)N(C)C)cc1. The van der Waals surface area contributed by atoms with Gasteiger partial charge in [0.1, 0.15) is 4.88 Å². The number of carbonyl (C=O) groups excluding carboxylic acids is 1. The number of thiazole rings is 1. The van der Waals surface area contributed by atoms with Crippen LogP contribution in [0.15, 0.2) is 34.0 Å². The summed E-state index contributed by atoms with van der Waals surface area (Å²) in [4.78, 5) is 25.0. The molecule has 0 radical (unpaired) electrons. The summed E-state index contributed by atoms with van der Waals surface area (Å²) in [6, 6.07) is 6.66. The zero-order chi connectivity index (χ0) is 19.1. The molecular weight excluding hydrogens is 374 g/mol. The fraction of sp³-hybridized carbons (Fsp3) is 0.412. The van der Waals surface area contributed by atoms with E-state index in [0.29, 0.717) is 17.1 Å². The molecule has 1 amide bonds. The van der Waals surface area contributed by atoms with Crippen molar-refractivity contribution >= 4 is 27.3 Å². The highest BCUT2D eigenvalue weighted by Crippen LogP contribution is 2.21. The van der Waals surface area contributed by atoms with Crippen LogP contribution in [0.5, 0.6) is 0 Å². The van der Waals surface area contributed by atoms with E-state index in [1.165, 1.54) is 26.2 Å². The molecule has 0 atom stereocenters. The van der Waals surface area contributed by atoms with E-state index in [1.54, 1.807) is 23.6 Å². The van der Waals surface area contributed by atoms with E-state index in [4.69, 9.17) is 0 Å². The molecule has 7 nitrogen and oxygen atoms in total. The molecule has 1 fully saturated rings. The van der Waals surface area contributed by atoms with Crippen LogP contribution in [0.2, 0.25) is 0 Å². The highest BCUT2D eigenvalue weighted by atomic mass is 32.2. The van der Waals surface area contributed by atoms with Gasteiger partial charge in [-0.1, -0.05) is 23.5 Å². The summed E-state index contributed by atoms with van der Waals surface area (Å²) in [6.07, 6.45) is 1.98. The second kappa shape index (κ2) is 6.98. The van der Waals surface area contributed by atoms with Crippen LogP contribution in [-0.2, 0) is 16.6 Å². The molecule has 1 saturated carbocycles. The van der Waals surface area contributed by atoms with E-state index in [2.05, 4.69) is 5.32 Å². The van der Waals surface area contributed by atoms with Gasteiger partial charge in [-0.05, 0) is 37.5 Å². The van der Waals surface area contributed by atoms with Gasteiger partial charge in [-0.2, -0.15) is 0 Å². The van der Waals surface area contributed by atoms with E-state index < -0.39 is 10.0 Å². The molecule has 1 N–H and O–H groups in total. The highest BCUT2D eigenvalue weighted by Gasteiger charge is 2.26. The number of aromatic nitrogens is 1. The van der Waals surface area contributed by atoms with E-state index in [9.17, 15) is 18.0 Å². The number of benzene rings is 1. The topological polar surface area (TPSA) is 88.5 Å². The van der Waals surface area contributed by atoms with Gasteiger partial charge in [0.05, 0.1) is 11.4 Å². The molecule has 1 aliphatic carbocycles. The Hall–Kier alpha value is -1.97. The standard InChI is InChI=1S/C17H21N3O4S2/c1-11-15(16(21)18-13-6-7-13)25-17(22)20(11)10-12-4-8-14(9-5-12)26(23,24)19(2)3/h4-5,8-9,13H,6-7,10H2,1-3H3,(H,18,21). The predicted octanol–water partition coefficient (Wildman–Crippen LogP) is 1.41. The number of sulfonamides is 1. The van der Waals surface area contributed by atoms with E-state index in [0.717, 1.165) is 34.0 Å². The average molecular weight is 396 g/mol. The number of hydrogen-bond donors (Lipinski definition) is 1. The predicted molar refractivity (Wildman–Crippen MR) is 100 cm³/mol. The van der Waals surface area contributed by atoms with Crippen LogP contribution >= 0.6 is 11.3 Å². The van der Waals surface area contributed by atoms with Gasteiger partial charge >= 0.3 is 4.87 Å². The molecule has 140 valence electrons. The average Bonchev–Trinajstić information content (AvgIpc) is 3.36. The fourth-order valence-electron chi connectivity index (χ4n) is 2.51. The quantitative estimate of drug-likeness (QED) is 0.801. The summed E-state index contributed by atoms with van der Waals surface area (Å²) >= 11 is 0.942. The summed E-state index contributed by atoms with van der Waals surface area (Å²) < 4.78 is 26.9. The molecule has 0 bridgehead atoms.